The maximum absolute atomic E-state index is 12.1. The Labute approximate surface area is 119 Å². The number of amides is 1. The van der Waals surface area contributed by atoms with E-state index in [4.69, 9.17) is 10.5 Å². The summed E-state index contributed by atoms with van der Waals surface area (Å²) in [5.74, 6) is 0.800. The van der Waals surface area contributed by atoms with Gasteiger partial charge in [-0.25, -0.2) is 0 Å². The molecule has 0 radical (unpaired) electrons. The van der Waals surface area contributed by atoms with Crippen molar-refractivity contribution in [1.29, 1.82) is 0 Å². The number of benzene rings is 1. The number of likely N-dealkylation sites (N-methyl/N-ethyl adjacent to an activating group) is 1. The molecule has 0 saturated heterocycles. The number of para-hydroxylation sites is 1. The predicted octanol–water partition coefficient (Wildman–Crippen LogP) is 2.24. The van der Waals surface area contributed by atoms with E-state index in [1.165, 1.54) is 19.3 Å². The molecule has 2 N–H and O–H groups in total. The van der Waals surface area contributed by atoms with E-state index >= 15 is 0 Å². The van der Waals surface area contributed by atoms with Gasteiger partial charge >= 0.3 is 0 Å². The van der Waals surface area contributed by atoms with Crippen molar-refractivity contribution >= 4 is 11.6 Å². The predicted molar refractivity (Wildman–Crippen MR) is 79.0 cm³/mol. The van der Waals surface area contributed by atoms with E-state index in [0.717, 1.165) is 29.8 Å². The van der Waals surface area contributed by atoms with Gasteiger partial charge in [0.15, 0.2) is 0 Å². The molecule has 1 aliphatic carbocycles. The number of rotatable bonds is 2. The van der Waals surface area contributed by atoms with Gasteiger partial charge in [-0.2, -0.15) is 0 Å². The topological polar surface area (TPSA) is 55.6 Å². The van der Waals surface area contributed by atoms with Crippen LogP contribution in [0.4, 0.5) is 5.69 Å². The fourth-order valence-corrected chi connectivity index (χ4v) is 3.25. The molecule has 0 bridgehead atoms. The van der Waals surface area contributed by atoms with Crippen molar-refractivity contribution in [2.24, 2.45) is 5.73 Å². The summed E-state index contributed by atoms with van der Waals surface area (Å²) in [5.41, 5.74) is 7.90. The number of carbonyl (C=O) groups excluding carboxylic acids is 1. The second-order valence-electron chi connectivity index (χ2n) is 5.85. The molecule has 0 aromatic heterocycles. The lowest BCUT2D eigenvalue weighted by Gasteiger charge is -2.33. The summed E-state index contributed by atoms with van der Waals surface area (Å²) in [6, 6.07) is 5.56. The zero-order valence-electron chi connectivity index (χ0n) is 12.0. The molecule has 20 heavy (non-hydrogen) atoms. The Bertz CT molecular complexity index is 509. The number of nitrogens with zero attached hydrogens (tertiary/aromatic N) is 1. The van der Waals surface area contributed by atoms with Crippen molar-refractivity contribution in [3.05, 3.63) is 23.8 Å². The lowest BCUT2D eigenvalue weighted by Crippen LogP contribution is -2.47. The zero-order chi connectivity index (χ0) is 14.1. The summed E-state index contributed by atoms with van der Waals surface area (Å²) in [4.78, 5) is 13.7. The van der Waals surface area contributed by atoms with Crippen molar-refractivity contribution < 1.29 is 9.53 Å². The summed E-state index contributed by atoms with van der Waals surface area (Å²) < 4.78 is 6.17. The number of nitrogens with two attached hydrogens (primary N) is 1. The largest absolute Gasteiger partial charge is 0.488 e. The molecule has 1 fully saturated rings. The molecule has 1 aromatic rings. The van der Waals surface area contributed by atoms with Gasteiger partial charge in [-0.05, 0) is 43.7 Å². The molecule has 2 aliphatic rings. The van der Waals surface area contributed by atoms with Crippen LogP contribution in [0.25, 0.3) is 0 Å². The Morgan fingerprint density at radius 3 is 2.75 bits per heavy atom. The summed E-state index contributed by atoms with van der Waals surface area (Å²) in [7, 11) is 1.79. The standard InChI is InChI=1S/C16H22N2O2/c1-18-15-11(10-13(17)16(18)19)6-5-9-14(15)20-12-7-3-2-4-8-12/h5-6,9,12-13H,2-4,7-8,10,17H2,1H3/t13-/m1/s1. The van der Waals surface area contributed by atoms with E-state index in [1.54, 1.807) is 11.9 Å². The molecule has 4 nitrogen and oxygen atoms in total. The fourth-order valence-electron chi connectivity index (χ4n) is 3.25. The quantitative estimate of drug-likeness (QED) is 0.900. The van der Waals surface area contributed by atoms with E-state index < -0.39 is 6.04 Å². The van der Waals surface area contributed by atoms with E-state index in [1.807, 2.05) is 18.2 Å². The lowest BCUT2D eigenvalue weighted by molar-refractivity contribution is -0.119. The summed E-state index contributed by atoms with van der Waals surface area (Å²) in [6.45, 7) is 0. The Hall–Kier alpha value is -1.55. The van der Waals surface area contributed by atoms with Crippen LogP contribution in [0, 0.1) is 0 Å². The van der Waals surface area contributed by atoms with E-state index in [-0.39, 0.29) is 12.0 Å². The highest BCUT2D eigenvalue weighted by Gasteiger charge is 2.31. The van der Waals surface area contributed by atoms with Crippen molar-refractivity contribution in [1.82, 2.24) is 0 Å². The number of hydrogen-bond acceptors (Lipinski definition) is 3. The first-order valence-corrected chi connectivity index (χ1v) is 7.48. The van der Waals surface area contributed by atoms with Crippen LogP contribution in [-0.4, -0.2) is 25.1 Å². The average Bonchev–Trinajstić information content (AvgIpc) is 2.46. The van der Waals surface area contributed by atoms with Gasteiger partial charge in [0, 0.05) is 7.05 Å². The second-order valence-corrected chi connectivity index (χ2v) is 5.85. The molecular formula is C16H22N2O2. The van der Waals surface area contributed by atoms with Crippen LogP contribution in [0.15, 0.2) is 18.2 Å². The maximum Gasteiger partial charge on any atom is 0.244 e. The van der Waals surface area contributed by atoms with Gasteiger partial charge in [0.25, 0.3) is 0 Å². The average molecular weight is 274 g/mol. The molecule has 108 valence electrons. The van der Waals surface area contributed by atoms with E-state index in [2.05, 4.69) is 0 Å². The third-order valence-corrected chi connectivity index (χ3v) is 4.35. The smallest absolute Gasteiger partial charge is 0.244 e. The van der Waals surface area contributed by atoms with Crippen LogP contribution in [0.1, 0.15) is 37.7 Å². The summed E-state index contributed by atoms with van der Waals surface area (Å²) in [6.07, 6.45) is 6.88. The molecule has 1 atom stereocenters. The van der Waals surface area contributed by atoms with Gasteiger partial charge in [0.05, 0.1) is 17.8 Å². The Morgan fingerprint density at radius 2 is 2.00 bits per heavy atom. The minimum Gasteiger partial charge on any atom is -0.488 e. The molecule has 1 heterocycles. The molecule has 1 aliphatic heterocycles. The SMILES string of the molecule is CN1C(=O)[C@H](N)Cc2cccc(OC3CCCCC3)c21. The van der Waals surface area contributed by atoms with Crippen molar-refractivity contribution in [2.75, 3.05) is 11.9 Å². The van der Waals surface area contributed by atoms with Crippen LogP contribution in [0.5, 0.6) is 5.75 Å². The molecule has 0 unspecified atom stereocenters. The molecule has 4 heteroatoms. The first-order valence-electron chi connectivity index (χ1n) is 7.48. The van der Waals surface area contributed by atoms with Gasteiger partial charge in [-0.3, -0.25) is 4.79 Å². The molecule has 1 saturated carbocycles. The first-order chi connectivity index (χ1) is 9.66. The molecule has 0 spiro atoms. The van der Waals surface area contributed by atoms with Gasteiger partial charge in [0.2, 0.25) is 5.91 Å². The van der Waals surface area contributed by atoms with Crippen LogP contribution in [0.3, 0.4) is 0 Å². The zero-order valence-corrected chi connectivity index (χ0v) is 12.0. The highest BCUT2D eigenvalue weighted by atomic mass is 16.5. The van der Waals surface area contributed by atoms with Crippen LogP contribution in [-0.2, 0) is 11.2 Å². The number of hydrogen-bond donors (Lipinski definition) is 1. The van der Waals surface area contributed by atoms with Crippen molar-refractivity contribution in [3.63, 3.8) is 0 Å². The minimum absolute atomic E-state index is 0.0304. The van der Waals surface area contributed by atoms with Gasteiger partial charge in [-0.1, -0.05) is 18.6 Å². The number of fused-ring (bicyclic) bond motifs is 1. The first kappa shape index (κ1) is 13.4. The molecule has 1 aromatic carbocycles. The van der Waals surface area contributed by atoms with Crippen LogP contribution < -0.4 is 15.4 Å². The van der Waals surface area contributed by atoms with Gasteiger partial charge < -0.3 is 15.4 Å². The van der Waals surface area contributed by atoms with Crippen LogP contribution >= 0.6 is 0 Å². The van der Waals surface area contributed by atoms with Gasteiger partial charge in [-0.15, -0.1) is 0 Å². The molecular weight excluding hydrogens is 252 g/mol. The van der Waals surface area contributed by atoms with E-state index in [0.29, 0.717) is 6.42 Å². The Morgan fingerprint density at radius 1 is 1.25 bits per heavy atom. The molecule has 3 rings (SSSR count). The maximum atomic E-state index is 12.1. The second kappa shape index (κ2) is 5.44. The molecule has 1 amide bonds. The fraction of sp³-hybridized carbons (Fsp3) is 0.562. The third-order valence-electron chi connectivity index (χ3n) is 4.35. The monoisotopic (exact) mass is 274 g/mol. The van der Waals surface area contributed by atoms with Crippen LogP contribution in [0.2, 0.25) is 0 Å². The minimum atomic E-state index is -0.433. The Balaban J connectivity index is 1.89. The highest BCUT2D eigenvalue weighted by molar-refractivity contribution is 6.01. The van der Waals surface area contributed by atoms with E-state index in [9.17, 15) is 4.79 Å². The van der Waals surface area contributed by atoms with Crippen molar-refractivity contribution in [3.8, 4) is 5.75 Å². The Kier molecular flexibility index (Phi) is 3.66. The number of anilines is 1. The van der Waals surface area contributed by atoms with Crippen molar-refractivity contribution in [2.45, 2.75) is 50.7 Å². The summed E-state index contributed by atoms with van der Waals surface area (Å²) >= 11 is 0. The number of carbonyl (C=O) groups is 1. The number of ether oxygens (including phenoxy) is 1. The third kappa shape index (κ3) is 2.40. The summed E-state index contributed by atoms with van der Waals surface area (Å²) in [5, 5.41) is 0. The highest BCUT2D eigenvalue weighted by Crippen LogP contribution is 2.37. The normalized spacial score (nSPS) is 23.6. The lowest BCUT2D eigenvalue weighted by atomic mass is 9.96. The van der Waals surface area contributed by atoms with Gasteiger partial charge in [0.1, 0.15) is 5.75 Å².